The van der Waals surface area contributed by atoms with Crippen molar-refractivity contribution in [1.29, 1.82) is 0 Å². The second-order valence-corrected chi connectivity index (χ2v) is 15.2. The molecule has 3 nitrogen and oxygen atoms in total. The van der Waals surface area contributed by atoms with Crippen molar-refractivity contribution < 1.29 is 8.83 Å². The molecule has 0 saturated carbocycles. The van der Waals surface area contributed by atoms with Crippen molar-refractivity contribution >= 4 is 60.9 Å². The Balaban J connectivity index is 0.976. The van der Waals surface area contributed by atoms with E-state index in [9.17, 15) is 0 Å². The molecule has 0 atom stereocenters. The van der Waals surface area contributed by atoms with Gasteiger partial charge in [0.15, 0.2) is 0 Å². The quantitative estimate of drug-likeness (QED) is 0.163. The van der Waals surface area contributed by atoms with Crippen molar-refractivity contribution in [3.63, 3.8) is 0 Å². The number of benzene rings is 9. The lowest BCUT2D eigenvalue weighted by atomic mass is 9.67. The maximum atomic E-state index is 6.38. The van der Waals surface area contributed by atoms with Crippen LogP contribution in [-0.4, -0.2) is 0 Å². The van der Waals surface area contributed by atoms with Crippen molar-refractivity contribution in [1.82, 2.24) is 0 Å². The summed E-state index contributed by atoms with van der Waals surface area (Å²) < 4.78 is 12.8. The Hall–Kier alpha value is -7.62. The molecule has 0 bridgehead atoms. The topological polar surface area (TPSA) is 29.5 Å². The van der Waals surface area contributed by atoms with E-state index in [1.165, 1.54) is 44.2 Å². The van der Waals surface area contributed by atoms with Gasteiger partial charge in [0.25, 0.3) is 0 Å². The molecule has 11 aromatic rings. The summed E-state index contributed by atoms with van der Waals surface area (Å²) in [5.74, 6) is 0. The van der Waals surface area contributed by atoms with Gasteiger partial charge in [0, 0.05) is 44.7 Å². The molecular formula is C55H35NO2. The van der Waals surface area contributed by atoms with E-state index in [0.717, 1.165) is 61.3 Å². The second kappa shape index (κ2) is 12.7. The predicted molar refractivity (Wildman–Crippen MR) is 238 cm³/mol. The van der Waals surface area contributed by atoms with Crippen LogP contribution in [0.2, 0.25) is 0 Å². The number of para-hydroxylation sites is 1. The highest BCUT2D eigenvalue weighted by Crippen LogP contribution is 2.57. The Morgan fingerprint density at radius 2 is 0.793 bits per heavy atom. The van der Waals surface area contributed by atoms with Crippen LogP contribution in [0.1, 0.15) is 22.3 Å². The molecule has 0 amide bonds. The highest BCUT2D eigenvalue weighted by atomic mass is 16.3. The monoisotopic (exact) mass is 741 g/mol. The highest BCUT2D eigenvalue weighted by Gasteiger charge is 2.46. The van der Waals surface area contributed by atoms with Crippen LogP contribution >= 0.6 is 0 Å². The number of anilines is 3. The zero-order valence-electron chi connectivity index (χ0n) is 31.5. The molecule has 0 aliphatic heterocycles. The smallest absolute Gasteiger partial charge is 0.137 e. The minimum Gasteiger partial charge on any atom is -0.456 e. The van der Waals surface area contributed by atoms with Crippen molar-refractivity contribution in [2.75, 3.05) is 4.90 Å². The fourth-order valence-corrected chi connectivity index (χ4v) is 9.58. The number of hydrogen-bond acceptors (Lipinski definition) is 3. The largest absolute Gasteiger partial charge is 0.456 e. The van der Waals surface area contributed by atoms with Crippen molar-refractivity contribution in [3.05, 3.63) is 235 Å². The number of hydrogen-bond donors (Lipinski definition) is 0. The average molecular weight is 742 g/mol. The van der Waals surface area contributed by atoms with Gasteiger partial charge in [-0.05, 0) is 105 Å². The molecule has 272 valence electrons. The van der Waals surface area contributed by atoms with Crippen molar-refractivity contribution in [2.24, 2.45) is 0 Å². The summed E-state index contributed by atoms with van der Waals surface area (Å²) in [7, 11) is 0. The maximum absolute atomic E-state index is 6.38. The lowest BCUT2D eigenvalue weighted by molar-refractivity contribution is 0.663. The first-order valence-corrected chi connectivity index (χ1v) is 19.8. The van der Waals surface area contributed by atoms with E-state index in [1.807, 2.05) is 12.1 Å². The van der Waals surface area contributed by atoms with Crippen LogP contribution in [0, 0.1) is 0 Å². The van der Waals surface area contributed by atoms with E-state index in [1.54, 1.807) is 0 Å². The second-order valence-electron chi connectivity index (χ2n) is 15.2. The molecular weight excluding hydrogens is 707 g/mol. The van der Waals surface area contributed by atoms with E-state index in [4.69, 9.17) is 8.83 Å². The summed E-state index contributed by atoms with van der Waals surface area (Å²) >= 11 is 0. The molecule has 1 aliphatic carbocycles. The molecule has 1 aliphatic rings. The maximum Gasteiger partial charge on any atom is 0.137 e. The van der Waals surface area contributed by atoms with Gasteiger partial charge in [-0.3, -0.25) is 0 Å². The van der Waals surface area contributed by atoms with Gasteiger partial charge in [0.2, 0.25) is 0 Å². The predicted octanol–water partition coefficient (Wildman–Crippen LogP) is 15.0. The summed E-state index contributed by atoms with van der Waals surface area (Å²) in [6, 6.07) is 76.2. The molecule has 0 N–H and O–H groups in total. The first-order valence-electron chi connectivity index (χ1n) is 19.8. The van der Waals surface area contributed by atoms with Gasteiger partial charge < -0.3 is 13.7 Å². The molecule has 58 heavy (non-hydrogen) atoms. The van der Waals surface area contributed by atoms with Crippen LogP contribution in [0.3, 0.4) is 0 Å². The Labute approximate surface area is 335 Å². The first-order chi connectivity index (χ1) is 28.7. The van der Waals surface area contributed by atoms with E-state index in [2.05, 4.69) is 205 Å². The van der Waals surface area contributed by atoms with Crippen LogP contribution in [-0.2, 0) is 5.41 Å². The summed E-state index contributed by atoms with van der Waals surface area (Å²) in [6.45, 7) is 0. The van der Waals surface area contributed by atoms with E-state index < -0.39 is 5.41 Å². The molecule has 0 radical (unpaired) electrons. The summed E-state index contributed by atoms with van der Waals surface area (Å²) in [4.78, 5) is 2.31. The van der Waals surface area contributed by atoms with Gasteiger partial charge in [-0.15, -0.1) is 0 Å². The third kappa shape index (κ3) is 4.80. The zero-order chi connectivity index (χ0) is 38.2. The lowest BCUT2D eigenvalue weighted by Gasteiger charge is -2.34. The fourth-order valence-electron chi connectivity index (χ4n) is 9.58. The summed E-state index contributed by atoms with van der Waals surface area (Å²) in [5, 5.41) is 4.66. The number of nitrogens with zero attached hydrogens (tertiary/aromatic N) is 1. The molecule has 2 heterocycles. The van der Waals surface area contributed by atoms with Gasteiger partial charge >= 0.3 is 0 Å². The van der Waals surface area contributed by atoms with E-state index in [-0.39, 0.29) is 0 Å². The zero-order valence-corrected chi connectivity index (χ0v) is 31.5. The normalized spacial score (nSPS) is 13.0. The van der Waals surface area contributed by atoms with Crippen molar-refractivity contribution in [2.45, 2.75) is 5.41 Å². The summed E-state index contributed by atoms with van der Waals surface area (Å²) in [6.07, 6.45) is 0. The molecule has 0 saturated heterocycles. The molecule has 0 unspecified atom stereocenters. The molecule has 9 aromatic carbocycles. The van der Waals surface area contributed by atoms with E-state index in [0.29, 0.717) is 0 Å². The van der Waals surface area contributed by atoms with Gasteiger partial charge in [0.1, 0.15) is 22.3 Å². The number of furan rings is 2. The minimum absolute atomic E-state index is 0.490. The minimum atomic E-state index is -0.490. The van der Waals surface area contributed by atoms with Gasteiger partial charge in [-0.25, -0.2) is 0 Å². The number of fused-ring (bicyclic) bond motifs is 3. The molecule has 2 aromatic heterocycles. The Morgan fingerprint density at radius 3 is 1.48 bits per heavy atom. The molecule has 12 rings (SSSR count). The van der Waals surface area contributed by atoms with Crippen molar-refractivity contribution in [3.8, 4) is 22.3 Å². The van der Waals surface area contributed by atoms with E-state index >= 15 is 0 Å². The van der Waals surface area contributed by atoms with Crippen LogP contribution in [0.4, 0.5) is 17.1 Å². The van der Waals surface area contributed by atoms with Gasteiger partial charge in [-0.1, -0.05) is 146 Å². The highest BCUT2D eigenvalue weighted by molar-refractivity contribution is 6.14. The standard InChI is InChI=1S/C55H35NO2/c1-3-12-36(13-4-1)37-24-28-42(29-25-37)56(44-32-33-46-45-18-7-8-21-49(45)57-52(46)35-44)43-30-26-38(27-31-43)39-14-9-17-41(34-39)55(40-15-5-2-6-16-40)47-19-10-22-50-53(47)54-48(55)20-11-23-51(54)58-50/h1-35H. The summed E-state index contributed by atoms with van der Waals surface area (Å²) in [5.41, 5.74) is 16.0. The SMILES string of the molecule is c1ccc(-c2ccc(N(c3ccc(-c4cccc(C5(c6ccccc6)c6cccc7oc8cccc5c8c67)c4)cc3)c3ccc4c(c3)oc3ccccc34)cc2)cc1. The number of rotatable bonds is 7. The van der Waals surface area contributed by atoms with Crippen LogP contribution in [0.5, 0.6) is 0 Å². The molecule has 0 spiro atoms. The average Bonchev–Trinajstić information content (AvgIpc) is 3.97. The third-order valence-electron chi connectivity index (χ3n) is 12.1. The molecule has 0 fully saturated rings. The van der Waals surface area contributed by atoms with Gasteiger partial charge in [0.05, 0.1) is 5.41 Å². The first kappa shape index (κ1) is 32.6. The van der Waals surface area contributed by atoms with Crippen LogP contribution < -0.4 is 4.90 Å². The third-order valence-corrected chi connectivity index (χ3v) is 12.1. The van der Waals surface area contributed by atoms with Gasteiger partial charge in [-0.2, -0.15) is 0 Å². The fraction of sp³-hybridized carbons (Fsp3) is 0.0182. The Morgan fingerprint density at radius 1 is 0.310 bits per heavy atom. The molecule has 3 heteroatoms. The lowest BCUT2D eigenvalue weighted by Crippen LogP contribution is -2.28. The Bertz CT molecular complexity index is 3260. The Kier molecular flexibility index (Phi) is 7.14. The van der Waals surface area contributed by atoms with Crippen LogP contribution in [0.25, 0.3) is 66.1 Å². The van der Waals surface area contributed by atoms with Crippen LogP contribution in [0.15, 0.2) is 221 Å².